The summed E-state index contributed by atoms with van der Waals surface area (Å²) in [6.07, 6.45) is 1.95. The van der Waals surface area contributed by atoms with Crippen molar-refractivity contribution in [2.24, 2.45) is 5.92 Å². The molecule has 2 N–H and O–H groups in total. The van der Waals surface area contributed by atoms with E-state index in [9.17, 15) is 9.59 Å². The fourth-order valence-electron chi connectivity index (χ4n) is 3.01. The van der Waals surface area contributed by atoms with E-state index in [2.05, 4.69) is 29.6 Å². The van der Waals surface area contributed by atoms with Gasteiger partial charge in [-0.2, -0.15) is 0 Å². The second kappa shape index (κ2) is 7.04. The van der Waals surface area contributed by atoms with Crippen LogP contribution in [0.15, 0.2) is 47.4 Å². The maximum atomic E-state index is 12.0. The molecule has 4 nitrogen and oxygen atoms in total. The summed E-state index contributed by atoms with van der Waals surface area (Å²) < 4.78 is 0. The number of hydrogen-bond acceptors (Lipinski definition) is 3. The molecule has 0 spiro atoms. The highest BCUT2D eigenvalue weighted by Crippen LogP contribution is 2.26. The van der Waals surface area contributed by atoms with Gasteiger partial charge in [-0.1, -0.05) is 30.3 Å². The van der Waals surface area contributed by atoms with E-state index in [1.807, 2.05) is 18.2 Å². The van der Waals surface area contributed by atoms with E-state index in [0.29, 0.717) is 18.6 Å². The Bertz CT molecular complexity index is 731. The van der Waals surface area contributed by atoms with Gasteiger partial charge in [0.25, 0.3) is 0 Å². The summed E-state index contributed by atoms with van der Waals surface area (Å²) in [6.45, 7) is 0. The zero-order chi connectivity index (χ0) is 16.2. The second-order valence-corrected chi connectivity index (χ2v) is 6.96. The fraction of sp³-hybridized carbons (Fsp3) is 0.333. The van der Waals surface area contributed by atoms with E-state index in [0.717, 1.165) is 16.7 Å². The maximum absolute atomic E-state index is 12.0. The third-order valence-electron chi connectivity index (χ3n) is 4.24. The lowest BCUT2D eigenvalue weighted by Gasteiger charge is -2.12. The van der Waals surface area contributed by atoms with Crippen LogP contribution >= 0.6 is 11.8 Å². The van der Waals surface area contributed by atoms with Crippen molar-refractivity contribution in [2.75, 3.05) is 5.75 Å². The van der Waals surface area contributed by atoms with E-state index in [4.69, 9.17) is 5.11 Å². The first-order chi connectivity index (χ1) is 11.1. The van der Waals surface area contributed by atoms with Crippen LogP contribution < -0.4 is 5.32 Å². The summed E-state index contributed by atoms with van der Waals surface area (Å²) in [5.74, 6) is -0.744. The van der Waals surface area contributed by atoms with Crippen molar-refractivity contribution < 1.29 is 14.7 Å². The Morgan fingerprint density at radius 3 is 2.65 bits per heavy atom. The molecule has 23 heavy (non-hydrogen) atoms. The van der Waals surface area contributed by atoms with Crippen molar-refractivity contribution in [3.8, 4) is 0 Å². The monoisotopic (exact) mass is 329 g/mol. The molecule has 0 unspecified atom stereocenters. The third-order valence-corrected chi connectivity index (χ3v) is 5.23. The van der Waals surface area contributed by atoms with Crippen molar-refractivity contribution in [3.63, 3.8) is 0 Å². The molecule has 0 aliphatic heterocycles. The second-order valence-electron chi connectivity index (χ2n) is 5.91. The van der Waals surface area contributed by atoms with Gasteiger partial charge in [0.05, 0.1) is 11.7 Å². The highest BCUT2D eigenvalue weighted by atomic mass is 32.2. The number of aliphatic carboxylic acids is 1. The summed E-state index contributed by atoms with van der Waals surface area (Å²) in [4.78, 5) is 24.0. The number of fused-ring (bicyclic) bond motifs is 1. The standard InChI is InChI=1S/C18H19NO3S/c20-17(19-15-7-5-14(9-15)18(21)22)11-23-16-8-6-12-3-1-2-4-13(12)10-16/h1-4,6,8,10,14-15H,5,7,9,11H2,(H,19,20)(H,21,22)/t14-,15+/m1/s1. The molecule has 0 heterocycles. The first kappa shape index (κ1) is 15.9. The minimum absolute atomic E-state index is 0.000744. The van der Waals surface area contributed by atoms with Crippen LogP contribution in [-0.2, 0) is 9.59 Å². The molecule has 1 aliphatic carbocycles. The van der Waals surface area contributed by atoms with E-state index in [1.165, 1.54) is 17.1 Å². The molecule has 2 aromatic carbocycles. The van der Waals surface area contributed by atoms with Crippen molar-refractivity contribution in [2.45, 2.75) is 30.2 Å². The molecule has 3 rings (SSSR count). The van der Waals surface area contributed by atoms with Crippen LogP contribution in [0.25, 0.3) is 10.8 Å². The van der Waals surface area contributed by atoms with Crippen LogP contribution in [0.1, 0.15) is 19.3 Å². The minimum atomic E-state index is -0.757. The quantitative estimate of drug-likeness (QED) is 0.826. The Balaban J connectivity index is 1.51. The lowest BCUT2D eigenvalue weighted by molar-refractivity contribution is -0.141. The van der Waals surface area contributed by atoms with Gasteiger partial charge in [0.15, 0.2) is 0 Å². The van der Waals surface area contributed by atoms with Crippen molar-refractivity contribution in [3.05, 3.63) is 42.5 Å². The molecule has 5 heteroatoms. The average molecular weight is 329 g/mol. The molecule has 1 fully saturated rings. The summed E-state index contributed by atoms with van der Waals surface area (Å²) in [7, 11) is 0. The van der Waals surface area contributed by atoms with Gasteiger partial charge in [-0.25, -0.2) is 0 Å². The van der Waals surface area contributed by atoms with Crippen LogP contribution in [0.2, 0.25) is 0 Å². The maximum Gasteiger partial charge on any atom is 0.306 e. The predicted octanol–water partition coefficient (Wildman–Crippen LogP) is 3.30. The van der Waals surface area contributed by atoms with E-state index in [-0.39, 0.29) is 17.9 Å². The van der Waals surface area contributed by atoms with Crippen LogP contribution in [0.3, 0.4) is 0 Å². The number of rotatable bonds is 5. The summed E-state index contributed by atoms with van der Waals surface area (Å²) in [5.41, 5.74) is 0. The van der Waals surface area contributed by atoms with Gasteiger partial charge >= 0.3 is 5.97 Å². The van der Waals surface area contributed by atoms with Gasteiger partial charge in [-0.3, -0.25) is 9.59 Å². The van der Waals surface area contributed by atoms with Gasteiger partial charge in [-0.15, -0.1) is 11.8 Å². The molecule has 120 valence electrons. The average Bonchev–Trinajstić information content (AvgIpc) is 3.01. The zero-order valence-electron chi connectivity index (χ0n) is 12.7. The van der Waals surface area contributed by atoms with Crippen LogP contribution in [0.5, 0.6) is 0 Å². The van der Waals surface area contributed by atoms with Crippen LogP contribution in [0.4, 0.5) is 0 Å². The van der Waals surface area contributed by atoms with Crippen molar-refractivity contribution in [1.29, 1.82) is 0 Å². The summed E-state index contributed by atoms with van der Waals surface area (Å²) in [6, 6.07) is 14.3. The Kier molecular flexibility index (Phi) is 4.86. The number of carboxylic acids is 1. The summed E-state index contributed by atoms with van der Waals surface area (Å²) >= 11 is 1.51. The van der Waals surface area contributed by atoms with Gasteiger partial charge in [0, 0.05) is 10.9 Å². The first-order valence-electron chi connectivity index (χ1n) is 7.75. The lowest BCUT2D eigenvalue weighted by atomic mass is 10.1. The molecule has 1 saturated carbocycles. The topological polar surface area (TPSA) is 66.4 Å². The number of benzene rings is 2. The third kappa shape index (κ3) is 4.05. The largest absolute Gasteiger partial charge is 0.481 e. The van der Waals surface area contributed by atoms with E-state index < -0.39 is 5.97 Å². The molecular formula is C18H19NO3S. The SMILES string of the molecule is O=C(CSc1ccc2ccccc2c1)N[C@H]1CC[C@@H](C(=O)O)C1. The molecule has 0 bridgehead atoms. The van der Waals surface area contributed by atoms with Crippen molar-refractivity contribution >= 4 is 34.4 Å². The number of carbonyl (C=O) groups excluding carboxylic acids is 1. The number of amides is 1. The molecule has 1 amide bonds. The zero-order valence-corrected chi connectivity index (χ0v) is 13.5. The van der Waals surface area contributed by atoms with Crippen LogP contribution in [0, 0.1) is 5.92 Å². The number of thioether (sulfide) groups is 1. The van der Waals surface area contributed by atoms with Gasteiger partial charge in [0.2, 0.25) is 5.91 Å². The van der Waals surface area contributed by atoms with Crippen LogP contribution in [-0.4, -0.2) is 28.8 Å². The number of nitrogens with one attached hydrogen (secondary N) is 1. The summed E-state index contributed by atoms with van der Waals surface area (Å²) in [5, 5.41) is 14.3. The highest BCUT2D eigenvalue weighted by molar-refractivity contribution is 8.00. The first-order valence-corrected chi connectivity index (χ1v) is 8.74. The molecular weight excluding hydrogens is 310 g/mol. The molecule has 0 aromatic heterocycles. The minimum Gasteiger partial charge on any atom is -0.481 e. The molecule has 1 aliphatic rings. The number of carboxylic acid groups (broad SMARTS) is 1. The molecule has 2 atom stereocenters. The Hall–Kier alpha value is -2.01. The molecule has 0 radical (unpaired) electrons. The Morgan fingerprint density at radius 2 is 1.91 bits per heavy atom. The van der Waals surface area contributed by atoms with E-state index >= 15 is 0 Å². The number of carbonyl (C=O) groups is 2. The lowest BCUT2D eigenvalue weighted by Crippen LogP contribution is -2.34. The van der Waals surface area contributed by atoms with Gasteiger partial charge in [-0.05, 0) is 42.2 Å². The number of hydrogen-bond donors (Lipinski definition) is 2. The fourth-order valence-corrected chi connectivity index (χ4v) is 3.77. The van der Waals surface area contributed by atoms with Crippen molar-refractivity contribution in [1.82, 2.24) is 5.32 Å². The molecule has 2 aromatic rings. The normalized spacial score (nSPS) is 20.5. The molecule has 0 saturated heterocycles. The van der Waals surface area contributed by atoms with Gasteiger partial charge in [0.1, 0.15) is 0 Å². The Labute approximate surface area is 139 Å². The predicted molar refractivity (Wildman–Crippen MR) is 91.6 cm³/mol. The Morgan fingerprint density at radius 1 is 1.13 bits per heavy atom. The van der Waals surface area contributed by atoms with Gasteiger partial charge < -0.3 is 10.4 Å². The highest BCUT2D eigenvalue weighted by Gasteiger charge is 2.30. The van der Waals surface area contributed by atoms with E-state index in [1.54, 1.807) is 0 Å². The smallest absolute Gasteiger partial charge is 0.306 e.